The van der Waals surface area contributed by atoms with Gasteiger partial charge in [0.25, 0.3) is 5.91 Å². The molecule has 76 valence electrons. The Hall–Kier alpha value is -1.10. The Labute approximate surface area is 91.0 Å². The lowest BCUT2D eigenvalue weighted by Crippen LogP contribution is -2.22. The van der Waals surface area contributed by atoms with Crippen molar-refractivity contribution in [1.29, 1.82) is 0 Å². The van der Waals surface area contributed by atoms with E-state index < -0.39 is 0 Å². The molecule has 14 heavy (non-hydrogen) atoms. The molecule has 1 rings (SSSR count). The van der Waals surface area contributed by atoms with Crippen LogP contribution in [0.5, 0.6) is 5.88 Å². The lowest BCUT2D eigenvalue weighted by molar-refractivity contribution is 0.0823. The summed E-state index contributed by atoms with van der Waals surface area (Å²) in [5.74, 6) is 0.211. The summed E-state index contributed by atoms with van der Waals surface area (Å²) in [6.07, 6.45) is 1.59. The molecule has 0 fully saturated rings. The molecule has 0 aliphatic carbocycles. The molecule has 1 aromatic rings. The van der Waals surface area contributed by atoms with Gasteiger partial charge in [-0.15, -0.1) is 0 Å². The molecular weight excluding hydrogens is 248 g/mol. The first kappa shape index (κ1) is 11.0. The number of halogens is 1. The molecule has 1 aromatic heterocycles. The molecule has 0 saturated carbocycles. The fourth-order valence-electron chi connectivity index (χ4n) is 0.984. The maximum Gasteiger partial charge on any atom is 0.258 e. The second-order valence-corrected chi connectivity index (χ2v) is 3.83. The van der Waals surface area contributed by atoms with Gasteiger partial charge in [0.1, 0.15) is 5.56 Å². The van der Waals surface area contributed by atoms with E-state index in [4.69, 9.17) is 4.74 Å². The monoisotopic (exact) mass is 258 g/mol. The number of nitrogens with zero attached hydrogens (tertiary/aromatic N) is 2. The number of pyridine rings is 1. The second kappa shape index (κ2) is 4.41. The number of ether oxygens (including phenoxy) is 1. The molecule has 0 aliphatic heterocycles. The lowest BCUT2D eigenvalue weighted by Gasteiger charge is -2.12. The third-order valence-electron chi connectivity index (χ3n) is 1.65. The molecule has 0 spiro atoms. The highest BCUT2D eigenvalue weighted by Gasteiger charge is 2.15. The number of hydrogen-bond donors (Lipinski definition) is 0. The smallest absolute Gasteiger partial charge is 0.258 e. The molecule has 0 aromatic carbocycles. The lowest BCUT2D eigenvalue weighted by atomic mass is 10.2. The van der Waals surface area contributed by atoms with E-state index in [1.165, 1.54) is 12.0 Å². The van der Waals surface area contributed by atoms with Gasteiger partial charge in [0, 0.05) is 24.8 Å². The maximum atomic E-state index is 11.7. The molecule has 0 saturated heterocycles. The van der Waals surface area contributed by atoms with Crippen molar-refractivity contribution in [2.24, 2.45) is 0 Å². The van der Waals surface area contributed by atoms with E-state index in [0.29, 0.717) is 11.4 Å². The third-order valence-corrected chi connectivity index (χ3v) is 2.08. The van der Waals surface area contributed by atoms with Gasteiger partial charge in [-0.25, -0.2) is 4.98 Å². The van der Waals surface area contributed by atoms with Gasteiger partial charge in [0.2, 0.25) is 5.88 Å². The van der Waals surface area contributed by atoms with Gasteiger partial charge in [-0.1, -0.05) is 0 Å². The Morgan fingerprint density at radius 2 is 2.21 bits per heavy atom. The topological polar surface area (TPSA) is 42.4 Å². The zero-order chi connectivity index (χ0) is 10.7. The maximum absolute atomic E-state index is 11.7. The summed E-state index contributed by atoms with van der Waals surface area (Å²) < 4.78 is 5.75. The van der Waals surface area contributed by atoms with Gasteiger partial charge < -0.3 is 9.64 Å². The molecule has 4 nitrogen and oxygen atoms in total. The van der Waals surface area contributed by atoms with Crippen LogP contribution in [0.15, 0.2) is 16.7 Å². The molecular formula is C9H11BrN2O2. The molecule has 5 heteroatoms. The van der Waals surface area contributed by atoms with E-state index in [1.54, 1.807) is 26.4 Å². The van der Waals surface area contributed by atoms with E-state index in [2.05, 4.69) is 20.9 Å². The van der Waals surface area contributed by atoms with Crippen molar-refractivity contribution < 1.29 is 9.53 Å². The largest absolute Gasteiger partial charge is 0.480 e. The summed E-state index contributed by atoms with van der Waals surface area (Å²) in [6, 6.07) is 1.69. The summed E-state index contributed by atoms with van der Waals surface area (Å²) in [4.78, 5) is 17.1. The minimum atomic E-state index is -0.129. The summed E-state index contributed by atoms with van der Waals surface area (Å²) >= 11 is 3.25. The third kappa shape index (κ3) is 2.23. The average molecular weight is 259 g/mol. The first-order valence-electron chi connectivity index (χ1n) is 3.97. The quantitative estimate of drug-likeness (QED) is 0.809. The Morgan fingerprint density at radius 3 is 2.71 bits per heavy atom. The zero-order valence-electron chi connectivity index (χ0n) is 8.24. The standard InChI is InChI=1S/C9H11BrN2O2/c1-12(2)9(13)7-4-6(10)5-11-8(7)14-3/h4-5H,1-3H3. The number of carbonyl (C=O) groups excluding carboxylic acids is 1. The van der Waals surface area contributed by atoms with Crippen molar-refractivity contribution in [2.45, 2.75) is 0 Å². The van der Waals surface area contributed by atoms with E-state index in [-0.39, 0.29) is 5.91 Å². The fourth-order valence-corrected chi connectivity index (χ4v) is 1.31. The van der Waals surface area contributed by atoms with Gasteiger partial charge in [-0.2, -0.15) is 0 Å². The zero-order valence-corrected chi connectivity index (χ0v) is 9.83. The van der Waals surface area contributed by atoms with Crippen LogP contribution in [0.1, 0.15) is 10.4 Å². The second-order valence-electron chi connectivity index (χ2n) is 2.91. The van der Waals surface area contributed by atoms with Gasteiger partial charge in [-0.05, 0) is 22.0 Å². The van der Waals surface area contributed by atoms with Crippen molar-refractivity contribution in [3.63, 3.8) is 0 Å². The van der Waals surface area contributed by atoms with Crippen LogP contribution in [0.25, 0.3) is 0 Å². The Bertz CT molecular complexity index is 353. The first-order valence-corrected chi connectivity index (χ1v) is 4.76. The van der Waals surface area contributed by atoms with Crippen LogP contribution in [-0.4, -0.2) is 37.0 Å². The number of amides is 1. The van der Waals surface area contributed by atoms with Crippen molar-refractivity contribution in [3.05, 3.63) is 22.3 Å². The predicted octanol–water partition coefficient (Wildman–Crippen LogP) is 1.55. The van der Waals surface area contributed by atoms with E-state index in [9.17, 15) is 4.79 Å². The summed E-state index contributed by atoms with van der Waals surface area (Å²) in [6.45, 7) is 0. The van der Waals surface area contributed by atoms with E-state index in [1.807, 2.05) is 0 Å². The van der Waals surface area contributed by atoms with Crippen LogP contribution in [0, 0.1) is 0 Å². The molecule has 0 atom stereocenters. The van der Waals surface area contributed by atoms with Crippen LogP contribution < -0.4 is 4.74 Å². The molecule has 0 aliphatic rings. The van der Waals surface area contributed by atoms with Crippen molar-refractivity contribution in [2.75, 3.05) is 21.2 Å². The number of hydrogen-bond acceptors (Lipinski definition) is 3. The summed E-state index contributed by atoms with van der Waals surface area (Å²) in [7, 11) is 4.86. The normalized spacial score (nSPS) is 9.71. The molecule has 0 unspecified atom stereocenters. The highest BCUT2D eigenvalue weighted by molar-refractivity contribution is 9.10. The van der Waals surface area contributed by atoms with Crippen molar-refractivity contribution in [3.8, 4) is 5.88 Å². The average Bonchev–Trinajstić information content (AvgIpc) is 2.16. The van der Waals surface area contributed by atoms with Gasteiger partial charge in [0.15, 0.2) is 0 Å². The first-order chi connectivity index (χ1) is 6.56. The van der Waals surface area contributed by atoms with E-state index in [0.717, 1.165) is 4.47 Å². The fraction of sp³-hybridized carbons (Fsp3) is 0.333. The minimum Gasteiger partial charge on any atom is -0.480 e. The molecule has 0 bridgehead atoms. The number of rotatable bonds is 2. The number of carbonyl (C=O) groups is 1. The predicted molar refractivity (Wildman–Crippen MR) is 56.5 cm³/mol. The summed E-state index contributed by atoms with van der Waals surface area (Å²) in [5.41, 5.74) is 0.451. The Balaban J connectivity index is 3.17. The highest BCUT2D eigenvalue weighted by atomic mass is 79.9. The van der Waals surface area contributed by atoms with Crippen molar-refractivity contribution >= 4 is 21.8 Å². The molecule has 1 amide bonds. The van der Waals surface area contributed by atoms with Crippen LogP contribution in [0.3, 0.4) is 0 Å². The van der Waals surface area contributed by atoms with Crippen LogP contribution in [0.4, 0.5) is 0 Å². The molecule has 0 radical (unpaired) electrons. The highest BCUT2D eigenvalue weighted by Crippen LogP contribution is 2.20. The van der Waals surface area contributed by atoms with Crippen LogP contribution >= 0.6 is 15.9 Å². The van der Waals surface area contributed by atoms with Gasteiger partial charge >= 0.3 is 0 Å². The van der Waals surface area contributed by atoms with Crippen LogP contribution in [-0.2, 0) is 0 Å². The number of aromatic nitrogens is 1. The van der Waals surface area contributed by atoms with Gasteiger partial charge in [-0.3, -0.25) is 4.79 Å². The van der Waals surface area contributed by atoms with E-state index >= 15 is 0 Å². The SMILES string of the molecule is COc1ncc(Br)cc1C(=O)N(C)C. The molecule has 1 heterocycles. The Kier molecular flexibility index (Phi) is 3.46. The summed E-state index contributed by atoms with van der Waals surface area (Å²) in [5, 5.41) is 0. The van der Waals surface area contributed by atoms with Crippen molar-refractivity contribution in [1.82, 2.24) is 9.88 Å². The minimum absolute atomic E-state index is 0.129. The Morgan fingerprint density at radius 1 is 1.57 bits per heavy atom. The van der Waals surface area contributed by atoms with Gasteiger partial charge in [0.05, 0.1) is 7.11 Å². The molecule has 0 N–H and O–H groups in total. The number of methoxy groups -OCH3 is 1. The van der Waals surface area contributed by atoms with Crippen LogP contribution in [0.2, 0.25) is 0 Å².